The van der Waals surface area contributed by atoms with Crippen molar-refractivity contribution in [2.24, 2.45) is 0 Å². The Hall–Kier alpha value is -2.38. The summed E-state index contributed by atoms with van der Waals surface area (Å²) in [5, 5.41) is 12.4. The van der Waals surface area contributed by atoms with Gasteiger partial charge in [-0.25, -0.2) is 4.98 Å². The molecule has 1 unspecified atom stereocenters. The molecule has 1 aromatic heterocycles. The monoisotopic (exact) mass is 267 g/mol. The van der Waals surface area contributed by atoms with E-state index < -0.39 is 0 Å². The highest BCUT2D eigenvalue weighted by molar-refractivity contribution is 5.31. The summed E-state index contributed by atoms with van der Waals surface area (Å²) in [6.45, 7) is 2.70. The third-order valence-corrected chi connectivity index (χ3v) is 3.21. The predicted octanol–water partition coefficient (Wildman–Crippen LogP) is 2.81. The van der Waals surface area contributed by atoms with Crippen LogP contribution < -0.4 is 10.1 Å². The van der Waals surface area contributed by atoms with Gasteiger partial charge in [-0.1, -0.05) is 18.2 Å². The first kappa shape index (κ1) is 14.0. The zero-order valence-corrected chi connectivity index (χ0v) is 11.6. The van der Waals surface area contributed by atoms with E-state index in [2.05, 4.69) is 23.3 Å². The van der Waals surface area contributed by atoms with Crippen molar-refractivity contribution in [3.05, 3.63) is 59.4 Å². The molecule has 0 fully saturated rings. The van der Waals surface area contributed by atoms with Crippen LogP contribution in [0.15, 0.2) is 42.6 Å². The minimum atomic E-state index is 0.188. The fourth-order valence-corrected chi connectivity index (χ4v) is 1.96. The normalized spacial score (nSPS) is 11.7. The topological polar surface area (TPSA) is 57.9 Å². The van der Waals surface area contributed by atoms with E-state index in [0.717, 1.165) is 11.3 Å². The van der Waals surface area contributed by atoms with E-state index in [1.165, 1.54) is 5.56 Å². The summed E-state index contributed by atoms with van der Waals surface area (Å²) in [6, 6.07) is 14.0. The van der Waals surface area contributed by atoms with Gasteiger partial charge in [0.2, 0.25) is 0 Å². The zero-order valence-electron chi connectivity index (χ0n) is 11.6. The lowest BCUT2D eigenvalue weighted by molar-refractivity contribution is 0.414. The summed E-state index contributed by atoms with van der Waals surface area (Å²) in [6.07, 6.45) is 1.63. The maximum atomic E-state index is 9.00. The Labute approximate surface area is 119 Å². The third-order valence-electron chi connectivity index (χ3n) is 3.21. The molecule has 0 spiro atoms. The fraction of sp³-hybridized carbons (Fsp3) is 0.250. The van der Waals surface area contributed by atoms with Gasteiger partial charge in [0.15, 0.2) is 0 Å². The minimum absolute atomic E-state index is 0.188. The number of hydrogen-bond acceptors (Lipinski definition) is 4. The molecule has 0 amide bonds. The number of benzene rings is 1. The minimum Gasteiger partial charge on any atom is -0.497 e. The first-order valence-electron chi connectivity index (χ1n) is 6.46. The van der Waals surface area contributed by atoms with Crippen LogP contribution in [-0.2, 0) is 6.54 Å². The molecule has 4 nitrogen and oxygen atoms in total. The molecule has 0 bridgehead atoms. The van der Waals surface area contributed by atoms with Gasteiger partial charge in [0.25, 0.3) is 0 Å². The standard InChI is InChI=1S/C16H17N3O/c1-12(13-5-7-15(20-2)8-6-13)19-11-14-4-3-9-18-16(14)10-17/h3-9,12,19H,11H2,1-2H3. The summed E-state index contributed by atoms with van der Waals surface area (Å²) in [5.41, 5.74) is 2.56. The SMILES string of the molecule is COc1ccc(C(C)NCc2cccnc2C#N)cc1. The largest absolute Gasteiger partial charge is 0.497 e. The van der Waals surface area contributed by atoms with Gasteiger partial charge in [0.05, 0.1) is 7.11 Å². The summed E-state index contributed by atoms with van der Waals surface area (Å²) < 4.78 is 5.14. The number of nitrogens with zero attached hydrogens (tertiary/aromatic N) is 2. The molecule has 1 aromatic carbocycles. The van der Waals surface area contributed by atoms with E-state index in [0.29, 0.717) is 12.2 Å². The fourth-order valence-electron chi connectivity index (χ4n) is 1.96. The number of aromatic nitrogens is 1. The van der Waals surface area contributed by atoms with Crippen LogP contribution in [0.1, 0.15) is 29.8 Å². The third kappa shape index (κ3) is 3.34. The van der Waals surface area contributed by atoms with E-state index >= 15 is 0 Å². The number of nitriles is 1. The molecule has 2 aromatic rings. The van der Waals surface area contributed by atoms with Gasteiger partial charge >= 0.3 is 0 Å². The van der Waals surface area contributed by atoms with Crippen LogP contribution in [0.5, 0.6) is 5.75 Å². The van der Waals surface area contributed by atoms with Crippen LogP contribution in [-0.4, -0.2) is 12.1 Å². The van der Waals surface area contributed by atoms with Crippen molar-refractivity contribution < 1.29 is 4.74 Å². The lowest BCUT2D eigenvalue weighted by Gasteiger charge is -2.15. The van der Waals surface area contributed by atoms with Crippen molar-refractivity contribution in [1.29, 1.82) is 5.26 Å². The molecule has 0 radical (unpaired) electrons. The number of rotatable bonds is 5. The average Bonchev–Trinajstić information content (AvgIpc) is 2.53. The van der Waals surface area contributed by atoms with E-state index in [1.54, 1.807) is 13.3 Å². The van der Waals surface area contributed by atoms with Crippen molar-refractivity contribution in [1.82, 2.24) is 10.3 Å². The Balaban J connectivity index is 2.01. The van der Waals surface area contributed by atoms with Crippen molar-refractivity contribution in [2.75, 3.05) is 7.11 Å². The van der Waals surface area contributed by atoms with Gasteiger partial charge in [-0.3, -0.25) is 0 Å². The maximum Gasteiger partial charge on any atom is 0.144 e. The molecular weight excluding hydrogens is 250 g/mol. The Morgan fingerprint density at radius 2 is 2.05 bits per heavy atom. The molecule has 0 saturated heterocycles. The van der Waals surface area contributed by atoms with Crippen LogP contribution in [0.4, 0.5) is 0 Å². The van der Waals surface area contributed by atoms with Crippen molar-refractivity contribution in [3.63, 3.8) is 0 Å². The summed E-state index contributed by atoms with van der Waals surface area (Å²) in [7, 11) is 1.66. The summed E-state index contributed by atoms with van der Waals surface area (Å²) >= 11 is 0. The maximum absolute atomic E-state index is 9.00. The van der Waals surface area contributed by atoms with Crippen LogP contribution >= 0.6 is 0 Å². The molecule has 102 valence electrons. The highest BCUT2D eigenvalue weighted by Gasteiger charge is 2.07. The van der Waals surface area contributed by atoms with Crippen molar-refractivity contribution in [2.45, 2.75) is 19.5 Å². The number of methoxy groups -OCH3 is 1. The van der Waals surface area contributed by atoms with Gasteiger partial charge in [0.1, 0.15) is 17.5 Å². The highest BCUT2D eigenvalue weighted by atomic mass is 16.5. The predicted molar refractivity (Wildman–Crippen MR) is 77.2 cm³/mol. The van der Waals surface area contributed by atoms with E-state index in [1.807, 2.05) is 36.4 Å². The quantitative estimate of drug-likeness (QED) is 0.905. The smallest absolute Gasteiger partial charge is 0.144 e. The number of hydrogen-bond donors (Lipinski definition) is 1. The number of pyridine rings is 1. The number of nitrogens with one attached hydrogen (secondary N) is 1. The van der Waals surface area contributed by atoms with Gasteiger partial charge in [-0.15, -0.1) is 0 Å². The van der Waals surface area contributed by atoms with Gasteiger partial charge in [0, 0.05) is 24.3 Å². The molecule has 1 N–H and O–H groups in total. The lowest BCUT2D eigenvalue weighted by Crippen LogP contribution is -2.18. The van der Waals surface area contributed by atoms with Crippen molar-refractivity contribution >= 4 is 0 Å². The Morgan fingerprint density at radius 3 is 2.70 bits per heavy atom. The number of ether oxygens (including phenoxy) is 1. The van der Waals surface area contributed by atoms with Gasteiger partial charge < -0.3 is 10.1 Å². The second kappa shape index (κ2) is 6.69. The molecule has 4 heteroatoms. The van der Waals surface area contributed by atoms with Crippen LogP contribution in [0.3, 0.4) is 0 Å². The van der Waals surface area contributed by atoms with E-state index in [-0.39, 0.29) is 6.04 Å². The molecular formula is C16H17N3O. The van der Waals surface area contributed by atoms with E-state index in [9.17, 15) is 0 Å². The van der Waals surface area contributed by atoms with Gasteiger partial charge in [-0.2, -0.15) is 5.26 Å². The highest BCUT2D eigenvalue weighted by Crippen LogP contribution is 2.17. The van der Waals surface area contributed by atoms with Crippen molar-refractivity contribution in [3.8, 4) is 11.8 Å². The lowest BCUT2D eigenvalue weighted by atomic mass is 10.1. The molecule has 0 aliphatic carbocycles. The Morgan fingerprint density at radius 1 is 1.30 bits per heavy atom. The molecule has 2 rings (SSSR count). The average molecular weight is 267 g/mol. The first-order valence-corrected chi connectivity index (χ1v) is 6.46. The van der Waals surface area contributed by atoms with Crippen LogP contribution in [0.25, 0.3) is 0 Å². The molecule has 0 aliphatic heterocycles. The first-order chi connectivity index (χ1) is 9.74. The van der Waals surface area contributed by atoms with Gasteiger partial charge in [-0.05, 0) is 30.7 Å². The van der Waals surface area contributed by atoms with E-state index in [4.69, 9.17) is 10.00 Å². The molecule has 0 saturated carbocycles. The summed E-state index contributed by atoms with van der Waals surface area (Å²) in [5.74, 6) is 0.847. The van der Waals surface area contributed by atoms with Crippen LogP contribution in [0, 0.1) is 11.3 Å². The second-order valence-corrected chi connectivity index (χ2v) is 4.50. The molecule has 20 heavy (non-hydrogen) atoms. The molecule has 1 heterocycles. The zero-order chi connectivity index (χ0) is 14.4. The molecule has 1 atom stereocenters. The Bertz CT molecular complexity index is 602. The van der Waals surface area contributed by atoms with Crippen LogP contribution in [0.2, 0.25) is 0 Å². The molecule has 0 aliphatic rings. The Kier molecular flexibility index (Phi) is 4.70. The second-order valence-electron chi connectivity index (χ2n) is 4.50. The summed E-state index contributed by atoms with van der Waals surface area (Å²) in [4.78, 5) is 4.05.